The molecule has 0 saturated heterocycles. The van der Waals surface area contributed by atoms with Crippen LogP contribution in [0.4, 0.5) is 0 Å². The summed E-state index contributed by atoms with van der Waals surface area (Å²) in [4.78, 5) is 7.70. The first-order valence-electron chi connectivity index (χ1n) is 7.01. The Labute approximate surface area is 124 Å². The zero-order valence-electron chi connectivity index (χ0n) is 12.1. The number of rotatable bonds is 4. The largest absolute Gasteiger partial charge is 0.392 e. The van der Waals surface area contributed by atoms with E-state index in [1.54, 1.807) is 0 Å². The van der Waals surface area contributed by atoms with Gasteiger partial charge in [-0.05, 0) is 47.7 Å². The Morgan fingerprint density at radius 1 is 1.24 bits per heavy atom. The summed E-state index contributed by atoms with van der Waals surface area (Å²) in [5.41, 5.74) is 6.22. The van der Waals surface area contributed by atoms with Crippen LogP contribution in [0.1, 0.15) is 17.0 Å². The van der Waals surface area contributed by atoms with Gasteiger partial charge in [0.1, 0.15) is 5.82 Å². The summed E-state index contributed by atoms with van der Waals surface area (Å²) in [5.74, 6) is 0.907. The molecule has 106 valence electrons. The van der Waals surface area contributed by atoms with Crippen molar-refractivity contribution in [3.05, 3.63) is 66.0 Å². The lowest BCUT2D eigenvalue weighted by atomic mass is 9.96. The van der Waals surface area contributed by atoms with Gasteiger partial charge in [0.05, 0.1) is 17.6 Å². The Morgan fingerprint density at radius 3 is 2.86 bits per heavy atom. The van der Waals surface area contributed by atoms with Crippen molar-refractivity contribution in [3.8, 4) is 11.1 Å². The van der Waals surface area contributed by atoms with Gasteiger partial charge in [0.25, 0.3) is 0 Å². The molecule has 3 heteroatoms. The number of fused-ring (bicyclic) bond motifs is 1. The van der Waals surface area contributed by atoms with Gasteiger partial charge in [-0.1, -0.05) is 30.3 Å². The Morgan fingerprint density at radius 2 is 2.10 bits per heavy atom. The van der Waals surface area contributed by atoms with Crippen molar-refractivity contribution in [1.29, 1.82) is 0 Å². The van der Waals surface area contributed by atoms with Gasteiger partial charge in [-0.3, -0.25) is 0 Å². The highest BCUT2D eigenvalue weighted by molar-refractivity contribution is 5.83. The van der Waals surface area contributed by atoms with Gasteiger partial charge in [-0.15, -0.1) is 6.58 Å². The Kier molecular flexibility index (Phi) is 3.59. The molecule has 0 fully saturated rings. The van der Waals surface area contributed by atoms with Crippen LogP contribution in [0.15, 0.2) is 49.1 Å². The van der Waals surface area contributed by atoms with E-state index in [0.717, 1.165) is 40.0 Å². The van der Waals surface area contributed by atoms with E-state index in [-0.39, 0.29) is 6.61 Å². The Hall–Kier alpha value is -2.39. The first-order chi connectivity index (χ1) is 10.2. The molecule has 0 saturated carbocycles. The van der Waals surface area contributed by atoms with Gasteiger partial charge in [0, 0.05) is 0 Å². The van der Waals surface area contributed by atoms with Crippen molar-refractivity contribution >= 4 is 11.0 Å². The number of hydrogen-bond donors (Lipinski definition) is 2. The van der Waals surface area contributed by atoms with Crippen molar-refractivity contribution < 1.29 is 5.11 Å². The van der Waals surface area contributed by atoms with E-state index in [9.17, 15) is 5.11 Å². The number of allylic oxidation sites excluding steroid dienone is 1. The SMILES string of the molecule is C=CCc1ccc(CO)c(-c2ccc3[nH]c(C)nc3c2)c1. The number of H-pyrrole nitrogens is 1. The maximum absolute atomic E-state index is 9.58. The second-order valence-corrected chi connectivity index (χ2v) is 5.20. The number of aliphatic hydroxyl groups is 1. The summed E-state index contributed by atoms with van der Waals surface area (Å²) in [6.45, 7) is 5.76. The first kappa shape index (κ1) is 13.6. The van der Waals surface area contributed by atoms with Crippen LogP contribution in [0.2, 0.25) is 0 Å². The fourth-order valence-electron chi connectivity index (χ4n) is 2.62. The molecule has 1 heterocycles. The number of nitrogens with one attached hydrogen (secondary N) is 1. The standard InChI is InChI=1S/C18H18N2O/c1-3-4-13-5-6-15(11-21)16(9-13)14-7-8-17-18(10-14)20-12(2)19-17/h3,5-10,21H,1,4,11H2,2H3,(H,19,20). The molecular weight excluding hydrogens is 260 g/mol. The van der Waals surface area contributed by atoms with Gasteiger partial charge in [-0.25, -0.2) is 4.98 Å². The summed E-state index contributed by atoms with van der Waals surface area (Å²) in [5, 5.41) is 9.58. The summed E-state index contributed by atoms with van der Waals surface area (Å²) in [6, 6.07) is 12.3. The van der Waals surface area contributed by atoms with Crippen LogP contribution in [0, 0.1) is 6.92 Å². The van der Waals surface area contributed by atoms with Crippen LogP contribution in [0.25, 0.3) is 22.2 Å². The van der Waals surface area contributed by atoms with Crippen LogP contribution in [0.3, 0.4) is 0 Å². The van der Waals surface area contributed by atoms with Gasteiger partial charge < -0.3 is 10.1 Å². The summed E-state index contributed by atoms with van der Waals surface area (Å²) >= 11 is 0. The Bertz CT molecular complexity index is 802. The highest BCUT2D eigenvalue weighted by Gasteiger charge is 2.08. The normalized spacial score (nSPS) is 11.0. The number of imidazole rings is 1. The molecule has 3 rings (SSSR count). The number of aromatic amines is 1. The molecule has 2 aromatic carbocycles. The van der Waals surface area contributed by atoms with Gasteiger partial charge in [0.15, 0.2) is 0 Å². The van der Waals surface area contributed by atoms with E-state index < -0.39 is 0 Å². The minimum Gasteiger partial charge on any atom is -0.392 e. The molecule has 0 aliphatic heterocycles. The molecule has 0 spiro atoms. The third-order valence-electron chi connectivity index (χ3n) is 3.64. The lowest BCUT2D eigenvalue weighted by molar-refractivity contribution is 0.282. The predicted octanol–water partition coefficient (Wildman–Crippen LogP) is 3.76. The summed E-state index contributed by atoms with van der Waals surface area (Å²) in [7, 11) is 0. The van der Waals surface area contributed by atoms with Crippen molar-refractivity contribution in [2.45, 2.75) is 20.0 Å². The Balaban J connectivity index is 2.14. The number of aryl methyl sites for hydroxylation is 1. The molecule has 0 atom stereocenters. The minimum atomic E-state index is 0.0291. The second kappa shape index (κ2) is 5.54. The quantitative estimate of drug-likeness (QED) is 0.714. The fraction of sp³-hybridized carbons (Fsp3) is 0.167. The van der Waals surface area contributed by atoms with E-state index in [2.05, 4.69) is 34.7 Å². The lowest BCUT2D eigenvalue weighted by Gasteiger charge is -2.10. The fourth-order valence-corrected chi connectivity index (χ4v) is 2.62. The molecule has 0 bridgehead atoms. The van der Waals surface area contributed by atoms with E-state index >= 15 is 0 Å². The number of benzene rings is 2. The zero-order chi connectivity index (χ0) is 14.8. The van der Waals surface area contributed by atoms with Gasteiger partial charge in [-0.2, -0.15) is 0 Å². The van der Waals surface area contributed by atoms with Crippen molar-refractivity contribution in [3.63, 3.8) is 0 Å². The van der Waals surface area contributed by atoms with E-state index in [0.29, 0.717) is 0 Å². The van der Waals surface area contributed by atoms with Crippen molar-refractivity contribution in [2.75, 3.05) is 0 Å². The third-order valence-corrected chi connectivity index (χ3v) is 3.64. The summed E-state index contributed by atoms with van der Waals surface area (Å²) in [6.07, 6.45) is 2.71. The monoisotopic (exact) mass is 278 g/mol. The highest BCUT2D eigenvalue weighted by Crippen LogP contribution is 2.28. The average Bonchev–Trinajstić information content (AvgIpc) is 2.86. The molecule has 3 nitrogen and oxygen atoms in total. The number of nitrogens with zero attached hydrogens (tertiary/aromatic N) is 1. The maximum atomic E-state index is 9.58. The number of aliphatic hydroxyl groups excluding tert-OH is 1. The van der Waals surface area contributed by atoms with Crippen LogP contribution < -0.4 is 0 Å². The lowest BCUT2D eigenvalue weighted by Crippen LogP contribution is -1.92. The number of hydrogen-bond acceptors (Lipinski definition) is 2. The molecule has 21 heavy (non-hydrogen) atoms. The van der Waals surface area contributed by atoms with E-state index in [1.165, 1.54) is 5.56 Å². The predicted molar refractivity (Wildman–Crippen MR) is 86.1 cm³/mol. The van der Waals surface area contributed by atoms with Crippen molar-refractivity contribution in [1.82, 2.24) is 9.97 Å². The first-order valence-corrected chi connectivity index (χ1v) is 7.01. The molecule has 0 unspecified atom stereocenters. The highest BCUT2D eigenvalue weighted by atomic mass is 16.3. The molecular formula is C18H18N2O. The van der Waals surface area contributed by atoms with Gasteiger partial charge >= 0.3 is 0 Å². The maximum Gasteiger partial charge on any atom is 0.104 e. The van der Waals surface area contributed by atoms with E-state index in [1.807, 2.05) is 31.2 Å². The van der Waals surface area contributed by atoms with Crippen LogP contribution in [0.5, 0.6) is 0 Å². The number of aromatic nitrogens is 2. The molecule has 1 aromatic heterocycles. The molecule has 3 aromatic rings. The van der Waals surface area contributed by atoms with Crippen LogP contribution >= 0.6 is 0 Å². The van der Waals surface area contributed by atoms with Crippen molar-refractivity contribution in [2.24, 2.45) is 0 Å². The smallest absolute Gasteiger partial charge is 0.104 e. The molecule has 0 amide bonds. The third kappa shape index (κ3) is 2.60. The zero-order valence-corrected chi connectivity index (χ0v) is 12.1. The average molecular weight is 278 g/mol. The van der Waals surface area contributed by atoms with Crippen LogP contribution in [-0.4, -0.2) is 15.1 Å². The second-order valence-electron chi connectivity index (χ2n) is 5.20. The minimum absolute atomic E-state index is 0.0291. The van der Waals surface area contributed by atoms with E-state index in [4.69, 9.17) is 0 Å². The van der Waals surface area contributed by atoms with Crippen LogP contribution in [-0.2, 0) is 13.0 Å². The molecule has 0 aliphatic rings. The molecule has 0 radical (unpaired) electrons. The topological polar surface area (TPSA) is 48.9 Å². The van der Waals surface area contributed by atoms with Gasteiger partial charge in [0.2, 0.25) is 0 Å². The molecule has 0 aliphatic carbocycles. The summed E-state index contributed by atoms with van der Waals surface area (Å²) < 4.78 is 0. The molecule has 2 N–H and O–H groups in total.